The van der Waals surface area contributed by atoms with E-state index >= 15 is 0 Å². The molecule has 0 amide bonds. The minimum absolute atomic E-state index is 0.119. The second kappa shape index (κ2) is 3.71. The number of nitrogens with zero attached hydrogens (tertiary/aromatic N) is 1. The van der Waals surface area contributed by atoms with E-state index in [9.17, 15) is 8.78 Å². The SMILES string of the molecule is CC(C#N)c1ccc(F)c(Cl)c1F. The van der Waals surface area contributed by atoms with Crippen molar-refractivity contribution in [3.8, 4) is 6.07 Å². The van der Waals surface area contributed by atoms with Gasteiger partial charge in [0.15, 0.2) is 0 Å². The lowest BCUT2D eigenvalue weighted by Gasteiger charge is -2.05. The van der Waals surface area contributed by atoms with E-state index in [0.717, 1.165) is 6.07 Å². The summed E-state index contributed by atoms with van der Waals surface area (Å²) >= 11 is 5.32. The van der Waals surface area contributed by atoms with Crippen molar-refractivity contribution in [3.05, 3.63) is 34.4 Å². The zero-order valence-electron chi connectivity index (χ0n) is 6.81. The predicted molar refractivity (Wildman–Crippen MR) is 45.4 cm³/mol. The minimum atomic E-state index is -0.851. The molecule has 0 saturated carbocycles. The van der Waals surface area contributed by atoms with Gasteiger partial charge in [-0.3, -0.25) is 0 Å². The molecule has 0 aliphatic heterocycles. The first-order valence-electron chi connectivity index (χ1n) is 3.61. The monoisotopic (exact) mass is 201 g/mol. The van der Waals surface area contributed by atoms with Crippen molar-refractivity contribution >= 4 is 11.6 Å². The van der Waals surface area contributed by atoms with E-state index in [1.54, 1.807) is 0 Å². The second-order valence-electron chi connectivity index (χ2n) is 2.62. The summed E-state index contributed by atoms with van der Waals surface area (Å²) in [6.45, 7) is 1.52. The van der Waals surface area contributed by atoms with E-state index in [0.29, 0.717) is 0 Å². The van der Waals surface area contributed by atoms with Gasteiger partial charge in [0.1, 0.15) is 16.7 Å². The Balaban J connectivity index is 3.28. The summed E-state index contributed by atoms with van der Waals surface area (Å²) in [7, 11) is 0. The van der Waals surface area contributed by atoms with E-state index in [4.69, 9.17) is 16.9 Å². The number of rotatable bonds is 1. The van der Waals surface area contributed by atoms with Crippen LogP contribution in [0.1, 0.15) is 18.4 Å². The summed E-state index contributed by atoms with van der Waals surface area (Å²) in [6, 6.07) is 4.12. The molecule has 0 radical (unpaired) electrons. The molecule has 1 aromatic rings. The highest BCUT2D eigenvalue weighted by atomic mass is 35.5. The molecule has 0 aromatic heterocycles. The van der Waals surface area contributed by atoms with Crippen molar-refractivity contribution in [3.63, 3.8) is 0 Å². The van der Waals surface area contributed by atoms with Crippen molar-refractivity contribution < 1.29 is 8.78 Å². The quantitative estimate of drug-likeness (QED) is 0.640. The maximum atomic E-state index is 13.2. The molecule has 1 unspecified atom stereocenters. The third-order valence-electron chi connectivity index (χ3n) is 1.73. The molecule has 0 spiro atoms. The maximum absolute atomic E-state index is 13.2. The molecule has 0 aliphatic rings. The van der Waals surface area contributed by atoms with E-state index < -0.39 is 22.6 Å². The zero-order valence-corrected chi connectivity index (χ0v) is 7.57. The van der Waals surface area contributed by atoms with Crippen molar-refractivity contribution in [2.75, 3.05) is 0 Å². The lowest BCUT2D eigenvalue weighted by atomic mass is 10.0. The average molecular weight is 202 g/mol. The van der Waals surface area contributed by atoms with Crippen LogP contribution in [-0.2, 0) is 0 Å². The summed E-state index contributed by atoms with van der Waals surface area (Å²) in [4.78, 5) is 0. The normalized spacial score (nSPS) is 12.2. The van der Waals surface area contributed by atoms with Crippen molar-refractivity contribution in [2.45, 2.75) is 12.8 Å². The van der Waals surface area contributed by atoms with Gasteiger partial charge >= 0.3 is 0 Å². The molecule has 0 heterocycles. The van der Waals surface area contributed by atoms with Crippen LogP contribution in [0.2, 0.25) is 5.02 Å². The molecule has 4 heteroatoms. The Morgan fingerprint density at radius 2 is 2.08 bits per heavy atom. The van der Waals surface area contributed by atoms with Crippen molar-refractivity contribution in [2.24, 2.45) is 0 Å². The lowest BCUT2D eigenvalue weighted by Crippen LogP contribution is -1.96. The molecule has 13 heavy (non-hydrogen) atoms. The van der Waals surface area contributed by atoms with Gasteiger partial charge in [-0.2, -0.15) is 5.26 Å². The Hall–Kier alpha value is -1.14. The molecule has 1 rings (SSSR count). The Kier molecular flexibility index (Phi) is 2.84. The number of nitriles is 1. The summed E-state index contributed by atoms with van der Waals surface area (Å²) < 4.78 is 25.8. The van der Waals surface area contributed by atoms with Crippen LogP contribution in [0.3, 0.4) is 0 Å². The molecule has 0 saturated heterocycles. The Bertz CT molecular complexity index is 371. The molecule has 1 atom stereocenters. The molecular weight excluding hydrogens is 196 g/mol. The van der Waals surface area contributed by atoms with Crippen LogP contribution in [0.15, 0.2) is 12.1 Å². The molecule has 1 aromatic carbocycles. The van der Waals surface area contributed by atoms with E-state index in [2.05, 4.69) is 0 Å². The van der Waals surface area contributed by atoms with Gasteiger partial charge in [0.25, 0.3) is 0 Å². The third kappa shape index (κ3) is 1.78. The summed E-state index contributed by atoms with van der Waals surface area (Å²) in [5.74, 6) is -2.29. The number of benzene rings is 1. The first kappa shape index (κ1) is 9.94. The lowest BCUT2D eigenvalue weighted by molar-refractivity contribution is 0.570. The van der Waals surface area contributed by atoms with E-state index in [-0.39, 0.29) is 5.56 Å². The Morgan fingerprint density at radius 3 is 2.62 bits per heavy atom. The maximum Gasteiger partial charge on any atom is 0.149 e. The van der Waals surface area contributed by atoms with Crippen LogP contribution in [0.5, 0.6) is 0 Å². The smallest absolute Gasteiger partial charge is 0.149 e. The fourth-order valence-electron chi connectivity index (χ4n) is 0.945. The molecule has 0 bridgehead atoms. The molecule has 68 valence electrons. The first-order valence-corrected chi connectivity index (χ1v) is 3.98. The summed E-state index contributed by atoms with van der Waals surface area (Å²) in [5.41, 5.74) is 0.119. The molecule has 0 fully saturated rings. The van der Waals surface area contributed by atoms with Gasteiger partial charge in [-0.1, -0.05) is 17.7 Å². The van der Waals surface area contributed by atoms with Crippen LogP contribution in [-0.4, -0.2) is 0 Å². The molecular formula is C9H6ClF2N. The standard InChI is InChI=1S/C9H6ClF2N/c1-5(4-13)6-2-3-7(11)8(10)9(6)12/h2-3,5H,1H3. The van der Waals surface area contributed by atoms with Crippen LogP contribution >= 0.6 is 11.6 Å². The Labute approximate surface area is 79.6 Å². The topological polar surface area (TPSA) is 23.8 Å². The van der Waals surface area contributed by atoms with Crippen LogP contribution in [0, 0.1) is 23.0 Å². The number of hydrogen-bond acceptors (Lipinski definition) is 1. The minimum Gasteiger partial charge on any atom is -0.205 e. The largest absolute Gasteiger partial charge is 0.205 e. The summed E-state index contributed by atoms with van der Waals surface area (Å²) in [6.07, 6.45) is 0. The number of hydrogen-bond donors (Lipinski definition) is 0. The van der Waals surface area contributed by atoms with Gasteiger partial charge in [0, 0.05) is 5.56 Å². The van der Waals surface area contributed by atoms with Gasteiger partial charge in [-0.05, 0) is 13.0 Å². The van der Waals surface area contributed by atoms with Crippen molar-refractivity contribution in [1.82, 2.24) is 0 Å². The average Bonchev–Trinajstić information content (AvgIpc) is 2.13. The number of halogens is 3. The molecule has 1 nitrogen and oxygen atoms in total. The highest BCUT2D eigenvalue weighted by Gasteiger charge is 2.15. The Morgan fingerprint density at radius 1 is 1.46 bits per heavy atom. The first-order chi connectivity index (χ1) is 6.07. The molecule has 0 N–H and O–H groups in total. The highest BCUT2D eigenvalue weighted by molar-refractivity contribution is 6.30. The summed E-state index contributed by atoms with van der Waals surface area (Å²) in [5, 5.41) is 7.96. The van der Waals surface area contributed by atoms with Gasteiger partial charge in [0.05, 0.1) is 12.0 Å². The second-order valence-corrected chi connectivity index (χ2v) is 2.99. The van der Waals surface area contributed by atoms with Gasteiger partial charge in [-0.25, -0.2) is 8.78 Å². The van der Waals surface area contributed by atoms with Crippen LogP contribution < -0.4 is 0 Å². The van der Waals surface area contributed by atoms with Gasteiger partial charge in [0.2, 0.25) is 0 Å². The highest BCUT2D eigenvalue weighted by Crippen LogP contribution is 2.26. The fraction of sp³-hybridized carbons (Fsp3) is 0.222. The third-order valence-corrected chi connectivity index (χ3v) is 2.07. The van der Waals surface area contributed by atoms with Gasteiger partial charge in [-0.15, -0.1) is 0 Å². The van der Waals surface area contributed by atoms with E-state index in [1.807, 2.05) is 6.07 Å². The zero-order chi connectivity index (χ0) is 10.0. The van der Waals surface area contributed by atoms with Crippen LogP contribution in [0.25, 0.3) is 0 Å². The van der Waals surface area contributed by atoms with Crippen LogP contribution in [0.4, 0.5) is 8.78 Å². The van der Waals surface area contributed by atoms with E-state index in [1.165, 1.54) is 13.0 Å². The predicted octanol–water partition coefficient (Wildman–Crippen LogP) is 3.25. The molecule has 0 aliphatic carbocycles. The fourth-order valence-corrected chi connectivity index (χ4v) is 1.12. The van der Waals surface area contributed by atoms with Crippen molar-refractivity contribution in [1.29, 1.82) is 5.26 Å². The van der Waals surface area contributed by atoms with Gasteiger partial charge < -0.3 is 0 Å².